The van der Waals surface area contributed by atoms with E-state index in [0.717, 1.165) is 32.5 Å². The van der Waals surface area contributed by atoms with Crippen molar-refractivity contribution in [1.29, 1.82) is 0 Å². The summed E-state index contributed by atoms with van der Waals surface area (Å²) in [4.78, 5) is 2.27. The molecule has 0 unspecified atom stereocenters. The molecule has 16 heavy (non-hydrogen) atoms. The Morgan fingerprint density at radius 1 is 1.31 bits per heavy atom. The van der Waals surface area contributed by atoms with E-state index in [1.165, 1.54) is 0 Å². The topological polar surface area (TPSA) is 63.4 Å². The van der Waals surface area contributed by atoms with E-state index >= 15 is 0 Å². The fourth-order valence-corrected chi connectivity index (χ4v) is 3.64. The lowest BCUT2D eigenvalue weighted by Gasteiger charge is -2.35. The van der Waals surface area contributed by atoms with E-state index < -0.39 is 9.84 Å². The highest BCUT2D eigenvalue weighted by atomic mass is 32.2. The van der Waals surface area contributed by atoms with Crippen LogP contribution in [0, 0.1) is 0 Å². The van der Waals surface area contributed by atoms with E-state index in [4.69, 9.17) is 5.73 Å². The van der Waals surface area contributed by atoms with Crippen LogP contribution < -0.4 is 5.73 Å². The van der Waals surface area contributed by atoms with Gasteiger partial charge in [-0.1, -0.05) is 6.92 Å². The van der Waals surface area contributed by atoms with Crippen molar-refractivity contribution in [1.82, 2.24) is 4.90 Å². The summed E-state index contributed by atoms with van der Waals surface area (Å²) in [6.45, 7) is 8.27. The van der Waals surface area contributed by atoms with Crippen molar-refractivity contribution in [3.63, 3.8) is 0 Å². The summed E-state index contributed by atoms with van der Waals surface area (Å²) in [7, 11) is -2.85. The van der Waals surface area contributed by atoms with Crippen molar-refractivity contribution in [3.8, 4) is 0 Å². The van der Waals surface area contributed by atoms with Crippen LogP contribution in [0.3, 0.4) is 0 Å². The van der Waals surface area contributed by atoms with Crippen LogP contribution in [-0.2, 0) is 9.84 Å². The third kappa shape index (κ3) is 4.03. The van der Waals surface area contributed by atoms with Gasteiger partial charge < -0.3 is 10.6 Å². The lowest BCUT2D eigenvalue weighted by molar-refractivity contribution is 0.193. The highest BCUT2D eigenvalue weighted by molar-refractivity contribution is 7.92. The molecule has 2 N–H and O–H groups in total. The van der Waals surface area contributed by atoms with Crippen LogP contribution in [-0.4, -0.2) is 49.5 Å². The zero-order valence-electron chi connectivity index (χ0n) is 10.6. The Bertz CT molecular complexity index is 311. The number of hydrogen-bond acceptors (Lipinski definition) is 4. The SMILES string of the molecule is CCS(=O)(=O)C1CCN(CC(C)(C)N)CC1. The fraction of sp³-hybridized carbons (Fsp3) is 1.00. The number of nitrogens with two attached hydrogens (primary N) is 1. The number of likely N-dealkylation sites (tertiary alicyclic amines) is 1. The predicted octanol–water partition coefficient (Wildman–Crippen LogP) is 0.623. The van der Waals surface area contributed by atoms with Gasteiger partial charge in [0.2, 0.25) is 0 Å². The minimum absolute atomic E-state index is 0.130. The van der Waals surface area contributed by atoms with Gasteiger partial charge in [-0.3, -0.25) is 0 Å². The van der Waals surface area contributed by atoms with Gasteiger partial charge in [0.1, 0.15) is 0 Å². The van der Waals surface area contributed by atoms with E-state index in [0.29, 0.717) is 0 Å². The number of hydrogen-bond donors (Lipinski definition) is 1. The molecule has 0 spiro atoms. The third-order valence-electron chi connectivity index (χ3n) is 3.08. The average molecular weight is 248 g/mol. The molecular formula is C11H24N2O2S. The standard InChI is InChI=1S/C11H24N2O2S/c1-4-16(14,15)10-5-7-13(8-6-10)9-11(2,3)12/h10H,4-9,12H2,1-3H3. The fourth-order valence-electron chi connectivity index (χ4n) is 2.24. The monoisotopic (exact) mass is 248 g/mol. The first-order valence-corrected chi connectivity index (χ1v) is 7.69. The number of sulfone groups is 1. The number of rotatable bonds is 4. The number of nitrogens with zero attached hydrogens (tertiary/aromatic N) is 1. The molecule has 0 aliphatic carbocycles. The summed E-state index contributed by atoms with van der Waals surface area (Å²) in [5.74, 6) is 0.264. The first-order chi connectivity index (χ1) is 7.24. The molecule has 0 aromatic heterocycles. The van der Waals surface area contributed by atoms with Gasteiger partial charge in [-0.05, 0) is 39.8 Å². The highest BCUT2D eigenvalue weighted by Gasteiger charge is 2.29. The first-order valence-electron chi connectivity index (χ1n) is 5.97. The molecule has 0 bridgehead atoms. The van der Waals surface area contributed by atoms with E-state index in [9.17, 15) is 8.42 Å². The molecule has 0 atom stereocenters. The molecule has 96 valence electrons. The Balaban J connectivity index is 2.46. The second kappa shape index (κ2) is 5.02. The maximum atomic E-state index is 11.7. The Morgan fingerprint density at radius 3 is 2.19 bits per heavy atom. The lowest BCUT2D eigenvalue weighted by Crippen LogP contribution is -2.49. The van der Waals surface area contributed by atoms with E-state index in [1.807, 2.05) is 13.8 Å². The molecule has 0 aromatic rings. The summed E-state index contributed by atoms with van der Waals surface area (Å²) in [5, 5.41) is -0.130. The van der Waals surface area contributed by atoms with Gasteiger partial charge in [0, 0.05) is 17.8 Å². The summed E-state index contributed by atoms with van der Waals surface area (Å²) in [6, 6.07) is 0. The second-order valence-corrected chi connectivity index (χ2v) is 7.99. The van der Waals surface area contributed by atoms with Gasteiger partial charge in [0.15, 0.2) is 9.84 Å². The van der Waals surface area contributed by atoms with Crippen LogP contribution in [0.15, 0.2) is 0 Å². The molecule has 1 heterocycles. The minimum atomic E-state index is -2.85. The van der Waals surface area contributed by atoms with E-state index in [1.54, 1.807) is 6.92 Å². The highest BCUT2D eigenvalue weighted by Crippen LogP contribution is 2.19. The average Bonchev–Trinajstić information content (AvgIpc) is 2.16. The zero-order chi connectivity index (χ0) is 12.4. The normalized spacial score (nSPS) is 21.2. The van der Waals surface area contributed by atoms with Crippen molar-refractivity contribution in [3.05, 3.63) is 0 Å². The summed E-state index contributed by atoms with van der Waals surface area (Å²) < 4.78 is 23.4. The van der Waals surface area contributed by atoms with Crippen LogP contribution in [0.1, 0.15) is 33.6 Å². The first kappa shape index (κ1) is 13.9. The molecule has 0 aromatic carbocycles. The Labute approximate surface area is 99.1 Å². The van der Waals surface area contributed by atoms with Crippen LogP contribution in [0.5, 0.6) is 0 Å². The molecule has 0 amide bonds. The molecule has 5 heteroatoms. The largest absolute Gasteiger partial charge is 0.324 e. The van der Waals surface area contributed by atoms with Gasteiger partial charge in [0.05, 0.1) is 5.25 Å². The quantitative estimate of drug-likeness (QED) is 0.792. The summed E-state index contributed by atoms with van der Waals surface area (Å²) in [5.41, 5.74) is 5.76. The summed E-state index contributed by atoms with van der Waals surface area (Å²) in [6.07, 6.45) is 1.51. The maximum Gasteiger partial charge on any atom is 0.152 e. The summed E-state index contributed by atoms with van der Waals surface area (Å²) >= 11 is 0. The maximum absolute atomic E-state index is 11.7. The van der Waals surface area contributed by atoms with E-state index in [-0.39, 0.29) is 16.5 Å². The molecule has 1 aliphatic heterocycles. The van der Waals surface area contributed by atoms with Gasteiger partial charge in [-0.15, -0.1) is 0 Å². The molecule has 0 radical (unpaired) electrons. The van der Waals surface area contributed by atoms with Crippen molar-refractivity contribution in [2.75, 3.05) is 25.4 Å². The van der Waals surface area contributed by atoms with Crippen molar-refractivity contribution in [2.45, 2.75) is 44.4 Å². The second-order valence-electron chi connectivity index (χ2n) is 5.42. The number of piperidine rings is 1. The Kier molecular flexibility index (Phi) is 4.37. The van der Waals surface area contributed by atoms with Crippen LogP contribution in [0.25, 0.3) is 0 Å². The molecule has 1 aliphatic rings. The smallest absolute Gasteiger partial charge is 0.152 e. The molecule has 1 fully saturated rings. The molecular weight excluding hydrogens is 224 g/mol. The zero-order valence-corrected chi connectivity index (χ0v) is 11.4. The van der Waals surface area contributed by atoms with Crippen molar-refractivity contribution < 1.29 is 8.42 Å². The Hall–Kier alpha value is -0.130. The molecule has 4 nitrogen and oxygen atoms in total. The molecule has 0 saturated carbocycles. The third-order valence-corrected chi connectivity index (χ3v) is 5.37. The Morgan fingerprint density at radius 2 is 1.81 bits per heavy atom. The van der Waals surface area contributed by atoms with Gasteiger partial charge in [0.25, 0.3) is 0 Å². The van der Waals surface area contributed by atoms with Crippen molar-refractivity contribution in [2.24, 2.45) is 5.73 Å². The predicted molar refractivity (Wildman–Crippen MR) is 67.2 cm³/mol. The van der Waals surface area contributed by atoms with Crippen LogP contribution in [0.2, 0.25) is 0 Å². The minimum Gasteiger partial charge on any atom is -0.324 e. The van der Waals surface area contributed by atoms with Gasteiger partial charge in [-0.2, -0.15) is 0 Å². The lowest BCUT2D eigenvalue weighted by atomic mass is 10.0. The molecule has 1 rings (SSSR count). The van der Waals surface area contributed by atoms with E-state index in [2.05, 4.69) is 4.90 Å². The van der Waals surface area contributed by atoms with Gasteiger partial charge in [-0.25, -0.2) is 8.42 Å². The van der Waals surface area contributed by atoms with Gasteiger partial charge >= 0.3 is 0 Å². The van der Waals surface area contributed by atoms with Crippen molar-refractivity contribution >= 4 is 9.84 Å². The molecule has 1 saturated heterocycles. The van der Waals surface area contributed by atoms with Crippen LogP contribution >= 0.6 is 0 Å². The van der Waals surface area contributed by atoms with Crippen LogP contribution in [0.4, 0.5) is 0 Å².